The first-order valence-corrected chi connectivity index (χ1v) is 9.86. The Kier molecular flexibility index (Phi) is 9.40. The van der Waals surface area contributed by atoms with E-state index >= 15 is 0 Å². The molecule has 0 saturated carbocycles. The standard InChI is InChI=1S/C17H22FN.C6H12O2/c1-3-5-8-13(4-2)16(18)15-11-6-9-14-10-7-12-19-17(14)15;1-5(7)8-6(2,3)4/h6-7,9-13,16H,3-5,8H2,1-2H3;1-4H3. The minimum Gasteiger partial charge on any atom is -0.460 e. The topological polar surface area (TPSA) is 39.2 Å². The van der Waals surface area contributed by atoms with Crippen LogP contribution in [0.15, 0.2) is 36.5 Å². The summed E-state index contributed by atoms with van der Waals surface area (Å²) >= 11 is 0. The molecule has 1 heterocycles. The summed E-state index contributed by atoms with van der Waals surface area (Å²) < 4.78 is 19.6. The number of benzene rings is 1. The molecule has 27 heavy (non-hydrogen) atoms. The molecule has 0 aliphatic heterocycles. The molecular weight excluding hydrogens is 341 g/mol. The van der Waals surface area contributed by atoms with Crippen LogP contribution in [0.3, 0.4) is 0 Å². The number of para-hydroxylation sites is 1. The molecule has 2 aromatic rings. The van der Waals surface area contributed by atoms with Gasteiger partial charge in [-0.1, -0.05) is 57.4 Å². The van der Waals surface area contributed by atoms with Crippen LogP contribution >= 0.6 is 0 Å². The lowest BCUT2D eigenvalue weighted by Gasteiger charge is -2.20. The second-order valence-electron chi connectivity index (χ2n) is 7.84. The third kappa shape index (κ3) is 8.06. The maximum atomic E-state index is 14.8. The highest BCUT2D eigenvalue weighted by atomic mass is 19.1. The zero-order valence-corrected chi connectivity index (χ0v) is 17.6. The van der Waals surface area contributed by atoms with Gasteiger partial charge in [0.05, 0.1) is 5.52 Å². The van der Waals surface area contributed by atoms with Crippen LogP contribution in [0.1, 0.15) is 79.0 Å². The SMILES string of the molecule is CC(=O)OC(C)(C)C.CCCCC(CC)C(F)c1cccc2cccnc12. The van der Waals surface area contributed by atoms with E-state index in [-0.39, 0.29) is 17.5 Å². The Morgan fingerprint density at radius 3 is 2.37 bits per heavy atom. The van der Waals surface area contributed by atoms with Crippen LogP contribution in [0.2, 0.25) is 0 Å². The molecule has 2 atom stereocenters. The molecule has 0 radical (unpaired) electrons. The van der Waals surface area contributed by atoms with Crippen LogP contribution in [0.25, 0.3) is 10.9 Å². The van der Waals surface area contributed by atoms with Crippen LogP contribution in [-0.4, -0.2) is 16.6 Å². The van der Waals surface area contributed by atoms with Crippen molar-refractivity contribution in [1.29, 1.82) is 0 Å². The van der Waals surface area contributed by atoms with Gasteiger partial charge in [-0.3, -0.25) is 9.78 Å². The van der Waals surface area contributed by atoms with Gasteiger partial charge < -0.3 is 4.74 Å². The Morgan fingerprint density at radius 1 is 1.19 bits per heavy atom. The number of halogens is 1. The highest BCUT2D eigenvalue weighted by Gasteiger charge is 2.22. The minimum atomic E-state index is -0.907. The Balaban J connectivity index is 0.000000387. The molecule has 0 bridgehead atoms. The maximum absolute atomic E-state index is 14.8. The summed E-state index contributed by atoms with van der Waals surface area (Å²) in [6, 6.07) is 9.69. The fraction of sp³-hybridized carbons (Fsp3) is 0.565. The van der Waals surface area contributed by atoms with Crippen LogP contribution in [0.5, 0.6) is 0 Å². The van der Waals surface area contributed by atoms with Crippen LogP contribution in [0.4, 0.5) is 4.39 Å². The monoisotopic (exact) mass is 375 g/mol. The van der Waals surface area contributed by atoms with Gasteiger partial charge >= 0.3 is 5.97 Å². The van der Waals surface area contributed by atoms with E-state index in [1.54, 1.807) is 6.20 Å². The molecule has 0 saturated heterocycles. The minimum absolute atomic E-state index is 0.104. The predicted molar refractivity (Wildman–Crippen MR) is 110 cm³/mol. The number of carbonyl (C=O) groups is 1. The Morgan fingerprint density at radius 2 is 1.85 bits per heavy atom. The molecule has 0 amide bonds. The van der Waals surface area contributed by atoms with E-state index in [9.17, 15) is 9.18 Å². The molecular formula is C23H34FNO2. The van der Waals surface area contributed by atoms with Gasteiger partial charge in [0.15, 0.2) is 0 Å². The second kappa shape index (κ2) is 11.0. The van der Waals surface area contributed by atoms with Crippen molar-refractivity contribution in [2.45, 2.75) is 79.0 Å². The number of aromatic nitrogens is 1. The molecule has 0 fully saturated rings. The average Bonchev–Trinajstić information content (AvgIpc) is 2.60. The number of ether oxygens (including phenoxy) is 1. The summed E-state index contributed by atoms with van der Waals surface area (Å²) in [5, 5.41) is 1.02. The summed E-state index contributed by atoms with van der Waals surface area (Å²) in [6.07, 6.45) is 4.89. The quantitative estimate of drug-likeness (QED) is 0.521. The number of rotatable bonds is 6. The van der Waals surface area contributed by atoms with E-state index in [1.165, 1.54) is 6.92 Å². The van der Waals surface area contributed by atoms with E-state index in [0.29, 0.717) is 0 Å². The molecule has 3 nitrogen and oxygen atoms in total. The molecule has 2 rings (SSSR count). The Hall–Kier alpha value is -1.97. The zero-order chi connectivity index (χ0) is 20.4. The lowest BCUT2D eigenvalue weighted by molar-refractivity contribution is -0.151. The summed E-state index contributed by atoms with van der Waals surface area (Å²) in [5.41, 5.74) is 1.24. The van der Waals surface area contributed by atoms with Crippen molar-refractivity contribution in [3.63, 3.8) is 0 Å². The van der Waals surface area contributed by atoms with Crippen molar-refractivity contribution in [3.8, 4) is 0 Å². The number of hydrogen-bond donors (Lipinski definition) is 0. The van der Waals surface area contributed by atoms with Gasteiger partial charge in [0.1, 0.15) is 11.8 Å². The lowest BCUT2D eigenvalue weighted by Crippen LogP contribution is -2.21. The van der Waals surface area contributed by atoms with Crippen molar-refractivity contribution < 1.29 is 13.9 Å². The van der Waals surface area contributed by atoms with Crippen LogP contribution in [-0.2, 0) is 9.53 Å². The third-order valence-corrected chi connectivity index (χ3v) is 4.28. The number of nitrogens with zero attached hydrogens (tertiary/aromatic N) is 1. The summed E-state index contributed by atoms with van der Waals surface area (Å²) in [4.78, 5) is 14.6. The number of unbranched alkanes of at least 4 members (excludes halogenated alkanes) is 1. The van der Waals surface area contributed by atoms with E-state index in [1.807, 2.05) is 51.1 Å². The number of carbonyl (C=O) groups excluding carboxylic acids is 1. The predicted octanol–water partition coefficient (Wildman–Crippen LogP) is 6.81. The van der Waals surface area contributed by atoms with Crippen molar-refractivity contribution in [2.75, 3.05) is 0 Å². The maximum Gasteiger partial charge on any atom is 0.303 e. The first kappa shape index (κ1) is 23.1. The molecule has 1 aromatic heterocycles. The van der Waals surface area contributed by atoms with E-state index in [4.69, 9.17) is 4.74 Å². The molecule has 150 valence electrons. The highest BCUT2D eigenvalue weighted by Crippen LogP contribution is 2.35. The van der Waals surface area contributed by atoms with Crippen LogP contribution < -0.4 is 0 Å². The fourth-order valence-electron chi connectivity index (χ4n) is 3.06. The van der Waals surface area contributed by atoms with E-state index in [0.717, 1.165) is 42.1 Å². The molecule has 0 aliphatic rings. The van der Waals surface area contributed by atoms with Gasteiger partial charge in [-0.15, -0.1) is 0 Å². The Labute approximate surface area is 163 Å². The van der Waals surface area contributed by atoms with E-state index < -0.39 is 6.17 Å². The molecule has 0 aliphatic carbocycles. The number of fused-ring (bicyclic) bond motifs is 1. The van der Waals surface area contributed by atoms with Crippen molar-refractivity contribution in [2.24, 2.45) is 5.92 Å². The van der Waals surface area contributed by atoms with Gasteiger partial charge in [-0.2, -0.15) is 0 Å². The third-order valence-electron chi connectivity index (χ3n) is 4.28. The van der Waals surface area contributed by atoms with Crippen LogP contribution in [0, 0.1) is 5.92 Å². The first-order chi connectivity index (χ1) is 12.7. The Bertz CT molecular complexity index is 704. The lowest BCUT2D eigenvalue weighted by atomic mass is 9.89. The highest BCUT2D eigenvalue weighted by molar-refractivity contribution is 5.81. The summed E-state index contributed by atoms with van der Waals surface area (Å²) in [6.45, 7) is 11.2. The largest absolute Gasteiger partial charge is 0.460 e. The van der Waals surface area contributed by atoms with E-state index in [2.05, 4.69) is 18.8 Å². The number of hydrogen-bond acceptors (Lipinski definition) is 3. The number of esters is 1. The zero-order valence-electron chi connectivity index (χ0n) is 17.6. The molecule has 4 heteroatoms. The van der Waals surface area contributed by atoms with Gasteiger partial charge in [0.25, 0.3) is 0 Å². The molecule has 0 spiro atoms. The summed E-state index contributed by atoms with van der Waals surface area (Å²) in [7, 11) is 0. The molecule has 0 N–H and O–H groups in total. The van der Waals surface area contributed by atoms with Crippen molar-refractivity contribution in [1.82, 2.24) is 4.98 Å². The smallest absolute Gasteiger partial charge is 0.303 e. The summed E-state index contributed by atoms with van der Waals surface area (Å²) in [5.74, 6) is -0.120. The number of pyridine rings is 1. The molecule has 1 aromatic carbocycles. The molecule has 2 unspecified atom stereocenters. The van der Waals surface area contributed by atoms with Gasteiger partial charge in [-0.25, -0.2) is 4.39 Å². The van der Waals surface area contributed by atoms with Crippen molar-refractivity contribution in [3.05, 3.63) is 42.1 Å². The van der Waals surface area contributed by atoms with Gasteiger partial charge in [-0.05, 0) is 39.2 Å². The van der Waals surface area contributed by atoms with Gasteiger partial charge in [0.2, 0.25) is 0 Å². The second-order valence-corrected chi connectivity index (χ2v) is 7.84. The average molecular weight is 376 g/mol. The normalized spacial score (nSPS) is 13.4. The fourth-order valence-corrected chi connectivity index (χ4v) is 3.06. The van der Waals surface area contributed by atoms with Crippen molar-refractivity contribution >= 4 is 16.9 Å². The first-order valence-electron chi connectivity index (χ1n) is 9.86. The van der Waals surface area contributed by atoms with Gasteiger partial charge in [0, 0.05) is 24.1 Å². The number of alkyl halides is 1.